The fourth-order valence-electron chi connectivity index (χ4n) is 2.15. The Bertz CT molecular complexity index is 573. The van der Waals surface area contributed by atoms with Gasteiger partial charge in [-0.05, 0) is 50.7 Å². The molecule has 0 radical (unpaired) electrons. The van der Waals surface area contributed by atoms with E-state index in [1.165, 1.54) is 0 Å². The van der Waals surface area contributed by atoms with Crippen LogP contribution in [0, 0.1) is 0 Å². The Morgan fingerprint density at radius 3 is 2.58 bits per heavy atom. The van der Waals surface area contributed by atoms with Gasteiger partial charge in [-0.3, -0.25) is 9.59 Å². The highest BCUT2D eigenvalue weighted by atomic mass is 32.1. The molecule has 1 rings (SSSR count). The number of anilines is 1. The van der Waals surface area contributed by atoms with Gasteiger partial charge in [0.25, 0.3) is 5.91 Å². The lowest BCUT2D eigenvalue weighted by atomic mass is 10.1. The Balaban J connectivity index is 2.49. The summed E-state index contributed by atoms with van der Waals surface area (Å²) in [5, 5.41) is 8.69. The molecule has 2 amide bonds. The zero-order chi connectivity index (χ0) is 17.9. The fraction of sp³-hybridized carbons (Fsp3) is 0.500. The van der Waals surface area contributed by atoms with Crippen LogP contribution >= 0.6 is 12.2 Å². The molecule has 24 heavy (non-hydrogen) atoms. The normalized spacial score (nSPS) is 10.3. The van der Waals surface area contributed by atoms with Gasteiger partial charge in [-0.2, -0.15) is 0 Å². The third kappa shape index (κ3) is 8.06. The van der Waals surface area contributed by atoms with E-state index in [0.29, 0.717) is 17.7 Å². The maximum Gasteiger partial charge on any atom is 0.251 e. The average Bonchev–Trinajstić information content (AvgIpc) is 2.51. The molecule has 0 heterocycles. The third-order valence-electron chi connectivity index (χ3n) is 3.31. The predicted octanol–water partition coefficient (Wildman–Crippen LogP) is 3.61. The Kier molecular flexibility index (Phi) is 9.01. The SMILES string of the molecule is CCCCCCC(=O)NC(=S)Nc1cccc(C(=O)NC(C)C)c1. The molecule has 0 aliphatic heterocycles. The van der Waals surface area contributed by atoms with Crippen LogP contribution in [0.15, 0.2) is 24.3 Å². The first-order chi connectivity index (χ1) is 11.4. The van der Waals surface area contributed by atoms with Gasteiger partial charge in [0, 0.05) is 23.7 Å². The molecule has 0 atom stereocenters. The van der Waals surface area contributed by atoms with Crippen LogP contribution in [0.3, 0.4) is 0 Å². The van der Waals surface area contributed by atoms with Gasteiger partial charge in [-0.25, -0.2) is 0 Å². The summed E-state index contributed by atoms with van der Waals surface area (Å²) in [5.74, 6) is -0.225. The lowest BCUT2D eigenvalue weighted by Gasteiger charge is -2.12. The number of benzene rings is 1. The summed E-state index contributed by atoms with van der Waals surface area (Å²) in [7, 11) is 0. The number of amides is 2. The Morgan fingerprint density at radius 1 is 1.17 bits per heavy atom. The first-order valence-corrected chi connectivity index (χ1v) is 8.85. The molecular weight excluding hydrogens is 322 g/mol. The lowest BCUT2D eigenvalue weighted by molar-refractivity contribution is -0.119. The first-order valence-electron chi connectivity index (χ1n) is 8.44. The highest BCUT2D eigenvalue weighted by molar-refractivity contribution is 7.80. The van der Waals surface area contributed by atoms with Crippen LogP contribution < -0.4 is 16.0 Å². The molecule has 0 unspecified atom stereocenters. The van der Waals surface area contributed by atoms with E-state index in [0.717, 1.165) is 25.7 Å². The van der Waals surface area contributed by atoms with E-state index in [2.05, 4.69) is 22.9 Å². The van der Waals surface area contributed by atoms with E-state index in [4.69, 9.17) is 12.2 Å². The van der Waals surface area contributed by atoms with Gasteiger partial charge in [0.2, 0.25) is 5.91 Å². The molecule has 132 valence electrons. The number of rotatable bonds is 8. The van der Waals surface area contributed by atoms with E-state index >= 15 is 0 Å². The molecule has 1 aromatic carbocycles. The highest BCUT2D eigenvalue weighted by Crippen LogP contribution is 2.11. The van der Waals surface area contributed by atoms with Crippen LogP contribution in [0.5, 0.6) is 0 Å². The number of thiocarbonyl (C=S) groups is 1. The summed E-state index contributed by atoms with van der Waals surface area (Å²) in [4.78, 5) is 23.8. The van der Waals surface area contributed by atoms with Crippen molar-refractivity contribution >= 4 is 34.8 Å². The van der Waals surface area contributed by atoms with Crippen molar-refractivity contribution in [1.82, 2.24) is 10.6 Å². The van der Waals surface area contributed by atoms with E-state index < -0.39 is 0 Å². The molecule has 1 aromatic rings. The minimum Gasteiger partial charge on any atom is -0.350 e. The largest absolute Gasteiger partial charge is 0.350 e. The van der Waals surface area contributed by atoms with Gasteiger partial charge < -0.3 is 16.0 Å². The van der Waals surface area contributed by atoms with Crippen LogP contribution in [0.25, 0.3) is 0 Å². The summed E-state index contributed by atoms with van der Waals surface area (Å²) >= 11 is 5.15. The monoisotopic (exact) mass is 349 g/mol. The molecule has 0 spiro atoms. The van der Waals surface area contributed by atoms with Crippen LogP contribution in [-0.4, -0.2) is 23.0 Å². The topological polar surface area (TPSA) is 70.2 Å². The number of hydrogen-bond acceptors (Lipinski definition) is 3. The van der Waals surface area contributed by atoms with E-state index in [1.54, 1.807) is 24.3 Å². The van der Waals surface area contributed by atoms with Crippen LogP contribution in [0.4, 0.5) is 5.69 Å². The van der Waals surface area contributed by atoms with Crippen LogP contribution in [0.1, 0.15) is 63.2 Å². The molecule has 0 saturated heterocycles. The second-order valence-corrected chi connectivity index (χ2v) is 6.43. The molecule has 0 aliphatic rings. The molecule has 3 N–H and O–H groups in total. The van der Waals surface area contributed by atoms with Gasteiger partial charge in [0.15, 0.2) is 5.11 Å². The Labute approximate surface area is 149 Å². The molecular formula is C18H27N3O2S. The number of unbranched alkanes of at least 4 members (excludes halogenated alkanes) is 3. The summed E-state index contributed by atoms with van der Waals surface area (Å²) in [5.41, 5.74) is 1.21. The van der Waals surface area contributed by atoms with E-state index in [-0.39, 0.29) is 23.0 Å². The molecule has 0 aromatic heterocycles. The van der Waals surface area contributed by atoms with Crippen molar-refractivity contribution in [3.05, 3.63) is 29.8 Å². The zero-order valence-electron chi connectivity index (χ0n) is 14.6. The maximum atomic E-state index is 12.0. The minimum atomic E-state index is -0.139. The van der Waals surface area contributed by atoms with E-state index in [1.807, 2.05) is 13.8 Å². The van der Waals surface area contributed by atoms with Crippen molar-refractivity contribution in [2.75, 3.05) is 5.32 Å². The van der Waals surface area contributed by atoms with Gasteiger partial charge in [-0.1, -0.05) is 32.3 Å². The van der Waals surface area contributed by atoms with E-state index in [9.17, 15) is 9.59 Å². The fourth-order valence-corrected chi connectivity index (χ4v) is 2.38. The molecule has 0 fully saturated rings. The second-order valence-electron chi connectivity index (χ2n) is 6.02. The quantitative estimate of drug-likeness (QED) is 0.495. The van der Waals surface area contributed by atoms with Crippen molar-refractivity contribution in [3.8, 4) is 0 Å². The summed E-state index contributed by atoms with van der Waals surface area (Å²) in [6.07, 6.45) is 4.67. The van der Waals surface area contributed by atoms with Crippen molar-refractivity contribution < 1.29 is 9.59 Å². The van der Waals surface area contributed by atoms with Crippen molar-refractivity contribution in [2.24, 2.45) is 0 Å². The van der Waals surface area contributed by atoms with Crippen molar-refractivity contribution in [1.29, 1.82) is 0 Å². The molecule has 0 aliphatic carbocycles. The van der Waals surface area contributed by atoms with Crippen molar-refractivity contribution in [2.45, 2.75) is 58.9 Å². The Hall–Kier alpha value is -1.95. The lowest BCUT2D eigenvalue weighted by Crippen LogP contribution is -2.34. The van der Waals surface area contributed by atoms with Gasteiger partial charge in [-0.15, -0.1) is 0 Å². The standard InChI is InChI=1S/C18H27N3O2S/c1-4-5-6-7-11-16(22)21-18(24)20-15-10-8-9-14(12-15)17(23)19-13(2)3/h8-10,12-13H,4-7,11H2,1-3H3,(H,19,23)(H2,20,21,22,24). The summed E-state index contributed by atoms with van der Waals surface area (Å²) in [6, 6.07) is 7.08. The van der Waals surface area contributed by atoms with Gasteiger partial charge in [0.05, 0.1) is 0 Å². The number of carbonyl (C=O) groups is 2. The molecule has 6 heteroatoms. The predicted molar refractivity (Wildman–Crippen MR) is 102 cm³/mol. The van der Waals surface area contributed by atoms with Crippen LogP contribution in [-0.2, 0) is 4.79 Å². The number of carbonyl (C=O) groups excluding carboxylic acids is 2. The molecule has 5 nitrogen and oxygen atoms in total. The summed E-state index contributed by atoms with van der Waals surface area (Å²) < 4.78 is 0. The number of hydrogen-bond donors (Lipinski definition) is 3. The maximum absolute atomic E-state index is 12.0. The first kappa shape index (κ1) is 20.1. The smallest absolute Gasteiger partial charge is 0.251 e. The van der Waals surface area contributed by atoms with Crippen LogP contribution in [0.2, 0.25) is 0 Å². The average molecular weight is 350 g/mol. The zero-order valence-corrected chi connectivity index (χ0v) is 15.5. The highest BCUT2D eigenvalue weighted by Gasteiger charge is 2.09. The van der Waals surface area contributed by atoms with Crippen molar-refractivity contribution in [3.63, 3.8) is 0 Å². The third-order valence-corrected chi connectivity index (χ3v) is 3.52. The summed E-state index contributed by atoms with van der Waals surface area (Å²) in [6.45, 7) is 5.95. The Morgan fingerprint density at radius 2 is 1.92 bits per heavy atom. The van der Waals surface area contributed by atoms with Gasteiger partial charge >= 0.3 is 0 Å². The number of nitrogens with one attached hydrogen (secondary N) is 3. The molecule has 0 bridgehead atoms. The molecule has 0 saturated carbocycles. The second kappa shape index (κ2) is 10.8. The van der Waals surface area contributed by atoms with Gasteiger partial charge in [0.1, 0.15) is 0 Å². The minimum absolute atomic E-state index is 0.0715.